The molecule has 248 valence electrons. The fourth-order valence-electron chi connectivity index (χ4n) is 8.21. The van der Waals surface area contributed by atoms with E-state index in [0.717, 1.165) is 17.1 Å². The first kappa shape index (κ1) is 31.3. The minimum Gasteiger partial charge on any atom is -0.310 e. The Hall–Kier alpha value is -5.64. The number of hydrogen-bond acceptors (Lipinski definition) is 1. The zero-order chi connectivity index (χ0) is 34.9. The molecule has 0 bridgehead atoms. The Kier molecular flexibility index (Phi) is 7.20. The normalized spacial score (nSPS) is 13.4. The van der Waals surface area contributed by atoms with Crippen LogP contribution in [0.25, 0.3) is 49.7 Å². The summed E-state index contributed by atoms with van der Waals surface area (Å²) < 4.78 is 2.40. The number of anilines is 3. The quantitative estimate of drug-likeness (QED) is 0.159. The average Bonchev–Trinajstić information content (AvgIpc) is 3.60. The third-order valence-corrected chi connectivity index (χ3v) is 13.0. The minimum absolute atomic E-state index is 0.00653. The van der Waals surface area contributed by atoms with Crippen molar-refractivity contribution in [1.82, 2.24) is 4.57 Å². The van der Waals surface area contributed by atoms with Gasteiger partial charge < -0.3 is 9.47 Å². The minimum atomic E-state index is -1.56. The van der Waals surface area contributed by atoms with Crippen LogP contribution < -0.4 is 10.1 Å². The summed E-state index contributed by atoms with van der Waals surface area (Å²) >= 11 is 0. The van der Waals surface area contributed by atoms with Gasteiger partial charge in [-0.2, -0.15) is 0 Å². The highest BCUT2D eigenvalue weighted by molar-refractivity contribution is 6.88. The maximum absolute atomic E-state index is 2.43. The number of aromatic nitrogens is 1. The number of nitrogens with zero attached hydrogens (tertiary/aromatic N) is 2. The molecule has 1 aliphatic rings. The van der Waals surface area contributed by atoms with Crippen molar-refractivity contribution in [1.29, 1.82) is 0 Å². The summed E-state index contributed by atoms with van der Waals surface area (Å²) in [5.41, 5.74) is 15.0. The Morgan fingerprint density at radius 2 is 1.12 bits per heavy atom. The summed E-state index contributed by atoms with van der Waals surface area (Å²) in [4.78, 5) is 2.43. The number of hydrogen-bond donors (Lipinski definition) is 0. The van der Waals surface area contributed by atoms with E-state index in [0.29, 0.717) is 0 Å². The van der Waals surface area contributed by atoms with E-state index in [2.05, 4.69) is 207 Å². The molecular weight excluding hydrogens is 633 g/mol. The Balaban J connectivity index is 1.19. The summed E-state index contributed by atoms with van der Waals surface area (Å²) in [6.45, 7) is 12.0. The van der Waals surface area contributed by atoms with Gasteiger partial charge >= 0.3 is 0 Å². The van der Waals surface area contributed by atoms with Gasteiger partial charge in [-0.1, -0.05) is 142 Å². The van der Waals surface area contributed by atoms with Crippen molar-refractivity contribution in [2.24, 2.45) is 0 Å². The molecular formula is C48H42N2Si. The number of para-hydroxylation sites is 2. The van der Waals surface area contributed by atoms with Crippen molar-refractivity contribution in [3.05, 3.63) is 175 Å². The molecule has 8 aromatic rings. The number of rotatable bonds is 6. The molecule has 7 aromatic carbocycles. The van der Waals surface area contributed by atoms with Gasteiger partial charge in [0, 0.05) is 38.9 Å². The second-order valence-corrected chi connectivity index (χ2v) is 20.6. The maximum atomic E-state index is 2.43. The second-order valence-electron chi connectivity index (χ2n) is 15.5. The molecule has 51 heavy (non-hydrogen) atoms. The Labute approximate surface area is 302 Å². The van der Waals surface area contributed by atoms with Crippen molar-refractivity contribution < 1.29 is 0 Å². The van der Waals surface area contributed by atoms with Gasteiger partial charge in [-0.3, -0.25) is 0 Å². The lowest BCUT2D eigenvalue weighted by molar-refractivity contribution is 0.660. The van der Waals surface area contributed by atoms with E-state index in [-0.39, 0.29) is 5.41 Å². The van der Waals surface area contributed by atoms with Crippen LogP contribution in [-0.4, -0.2) is 12.6 Å². The highest BCUT2D eigenvalue weighted by Crippen LogP contribution is 2.49. The van der Waals surface area contributed by atoms with Crippen molar-refractivity contribution in [3.63, 3.8) is 0 Å². The SMILES string of the molecule is CC1(C)c2ccccc2-c2cc(-c3ccc(N(c4cccc([Si](C)(C)C)c4)c4ccc5c6ccccc6n(-c6ccccc6)c5c4)cc3)ccc21. The molecule has 0 spiro atoms. The first-order chi connectivity index (χ1) is 24.7. The monoisotopic (exact) mass is 674 g/mol. The van der Waals surface area contributed by atoms with Gasteiger partial charge in [-0.15, -0.1) is 0 Å². The Bertz CT molecular complexity index is 2590. The molecule has 0 N–H and O–H groups in total. The molecule has 1 aliphatic carbocycles. The molecule has 0 radical (unpaired) electrons. The van der Waals surface area contributed by atoms with Crippen LogP contribution in [-0.2, 0) is 5.41 Å². The van der Waals surface area contributed by atoms with Crippen LogP contribution in [0.2, 0.25) is 19.6 Å². The summed E-state index contributed by atoms with van der Waals surface area (Å²) in [7, 11) is -1.56. The topological polar surface area (TPSA) is 8.17 Å². The molecule has 9 rings (SSSR count). The number of fused-ring (bicyclic) bond motifs is 6. The molecule has 1 aromatic heterocycles. The lowest BCUT2D eigenvalue weighted by atomic mass is 9.82. The number of benzene rings is 7. The van der Waals surface area contributed by atoms with Crippen LogP contribution in [0.4, 0.5) is 17.1 Å². The van der Waals surface area contributed by atoms with Gasteiger partial charge in [-0.25, -0.2) is 0 Å². The van der Waals surface area contributed by atoms with Crippen LogP contribution in [0, 0.1) is 0 Å². The van der Waals surface area contributed by atoms with E-state index >= 15 is 0 Å². The van der Waals surface area contributed by atoms with Crippen molar-refractivity contribution in [2.45, 2.75) is 38.9 Å². The van der Waals surface area contributed by atoms with Crippen LogP contribution in [0.5, 0.6) is 0 Å². The van der Waals surface area contributed by atoms with Gasteiger partial charge in [0.15, 0.2) is 0 Å². The van der Waals surface area contributed by atoms with Crippen molar-refractivity contribution in [3.8, 4) is 27.9 Å². The Morgan fingerprint density at radius 3 is 1.92 bits per heavy atom. The van der Waals surface area contributed by atoms with Crippen LogP contribution in [0.3, 0.4) is 0 Å². The van der Waals surface area contributed by atoms with E-state index in [1.54, 1.807) is 0 Å². The van der Waals surface area contributed by atoms with Crippen LogP contribution in [0.15, 0.2) is 164 Å². The maximum Gasteiger partial charge on any atom is 0.0776 e. The highest BCUT2D eigenvalue weighted by Gasteiger charge is 2.35. The third-order valence-electron chi connectivity index (χ3n) is 10.9. The molecule has 0 aliphatic heterocycles. The molecule has 0 unspecified atom stereocenters. The predicted molar refractivity (Wildman–Crippen MR) is 221 cm³/mol. The van der Waals surface area contributed by atoms with Crippen molar-refractivity contribution >= 4 is 52.1 Å². The lowest BCUT2D eigenvalue weighted by Gasteiger charge is -2.28. The molecule has 0 saturated heterocycles. The predicted octanol–water partition coefficient (Wildman–Crippen LogP) is 12.8. The lowest BCUT2D eigenvalue weighted by Crippen LogP contribution is -2.37. The van der Waals surface area contributed by atoms with Gasteiger partial charge in [0.05, 0.1) is 19.1 Å². The van der Waals surface area contributed by atoms with Gasteiger partial charge in [0.1, 0.15) is 0 Å². The van der Waals surface area contributed by atoms with Crippen molar-refractivity contribution in [2.75, 3.05) is 4.90 Å². The molecule has 0 saturated carbocycles. The first-order valence-electron chi connectivity index (χ1n) is 18.0. The third kappa shape index (κ3) is 5.15. The smallest absolute Gasteiger partial charge is 0.0776 e. The second kappa shape index (κ2) is 11.7. The van der Waals surface area contributed by atoms with Crippen LogP contribution in [0.1, 0.15) is 25.0 Å². The standard InChI is InChI=1S/C48H42N2Si/c1-48(2)44-20-11-9-18-40(44)43-30-34(24-29-45(43)48)33-22-25-36(26-23-33)49(37-16-13-17-39(31-37)51(3,4)5)38-27-28-42-41-19-10-12-21-46(41)50(47(42)32-38)35-14-7-6-8-15-35/h6-32H,1-5H3. The van der Waals surface area contributed by atoms with Gasteiger partial charge in [-0.05, 0) is 94.0 Å². The van der Waals surface area contributed by atoms with E-state index in [1.165, 1.54) is 66.1 Å². The molecule has 0 amide bonds. The fraction of sp³-hybridized carbons (Fsp3) is 0.125. The van der Waals surface area contributed by atoms with E-state index in [9.17, 15) is 0 Å². The average molecular weight is 675 g/mol. The fourth-order valence-corrected chi connectivity index (χ4v) is 9.39. The zero-order valence-corrected chi connectivity index (χ0v) is 31.0. The summed E-state index contributed by atoms with van der Waals surface area (Å²) in [5.74, 6) is 0. The molecule has 1 heterocycles. The molecule has 3 heteroatoms. The van der Waals surface area contributed by atoms with E-state index in [1.807, 2.05) is 0 Å². The summed E-state index contributed by atoms with van der Waals surface area (Å²) in [6, 6.07) is 60.7. The van der Waals surface area contributed by atoms with Gasteiger partial charge in [0.2, 0.25) is 0 Å². The molecule has 0 atom stereocenters. The largest absolute Gasteiger partial charge is 0.310 e. The first-order valence-corrected chi connectivity index (χ1v) is 21.5. The van der Waals surface area contributed by atoms with Crippen LogP contribution >= 0.6 is 0 Å². The van der Waals surface area contributed by atoms with E-state index in [4.69, 9.17) is 0 Å². The zero-order valence-electron chi connectivity index (χ0n) is 30.0. The summed E-state index contributed by atoms with van der Waals surface area (Å²) in [5, 5.41) is 3.97. The summed E-state index contributed by atoms with van der Waals surface area (Å²) in [6.07, 6.45) is 0. The van der Waals surface area contributed by atoms with Gasteiger partial charge in [0.25, 0.3) is 0 Å². The molecule has 2 nitrogen and oxygen atoms in total. The highest BCUT2D eigenvalue weighted by atomic mass is 28.3. The van der Waals surface area contributed by atoms with E-state index < -0.39 is 8.07 Å². The molecule has 0 fully saturated rings. The Morgan fingerprint density at radius 1 is 0.471 bits per heavy atom.